The molecule has 3 heterocycles. The molecule has 0 aromatic carbocycles. The van der Waals surface area contributed by atoms with E-state index < -0.39 is 10.2 Å². The van der Waals surface area contributed by atoms with E-state index in [9.17, 15) is 8.42 Å². The number of anilines is 2. The minimum Gasteiger partial charge on any atom is -0.340 e. The van der Waals surface area contributed by atoms with Crippen LogP contribution in [0.1, 0.15) is 49.7 Å². The average Bonchev–Trinajstić information content (AvgIpc) is 3.15. The molecule has 152 valence electrons. The van der Waals surface area contributed by atoms with Crippen LogP contribution in [0.2, 0.25) is 0 Å². The molecule has 1 aliphatic rings. The van der Waals surface area contributed by atoms with Crippen molar-refractivity contribution in [1.29, 1.82) is 0 Å². The van der Waals surface area contributed by atoms with E-state index in [1.807, 2.05) is 52.0 Å². The van der Waals surface area contributed by atoms with Gasteiger partial charge in [0.05, 0.1) is 11.7 Å². The molecule has 0 bridgehead atoms. The zero-order chi connectivity index (χ0) is 20.3. The number of rotatable bonds is 7. The fraction of sp³-hybridized carbons (Fsp3) is 0.500. The summed E-state index contributed by atoms with van der Waals surface area (Å²) in [7, 11) is -3.50. The van der Waals surface area contributed by atoms with Crippen molar-refractivity contribution in [1.82, 2.24) is 18.6 Å². The number of hydrogen-bond donors (Lipinski definition) is 1. The van der Waals surface area contributed by atoms with Crippen molar-refractivity contribution in [3.63, 3.8) is 0 Å². The normalized spacial score (nSPS) is 18.0. The first-order chi connectivity index (χ1) is 13.4. The molecule has 0 saturated carbocycles. The van der Waals surface area contributed by atoms with Gasteiger partial charge in [0.25, 0.3) is 10.2 Å². The number of nitrogens with zero attached hydrogens (tertiary/aromatic N) is 4. The molecule has 1 atom stereocenters. The summed E-state index contributed by atoms with van der Waals surface area (Å²) in [5, 5.41) is 3.35. The third kappa shape index (κ3) is 4.19. The molecule has 0 unspecified atom stereocenters. The maximum absolute atomic E-state index is 13.1. The summed E-state index contributed by atoms with van der Waals surface area (Å²) in [6.45, 7) is 9.13. The predicted octanol–water partition coefficient (Wildman–Crippen LogP) is 3.56. The Hall–Kier alpha value is -2.03. The standard InChI is InChI=1S/C20H29N5O2S/c1-5-24(6-2)28(26,27)25-12-8-10-19(25)18-14-17(13-16(4)22-18)23-20-15(3)9-7-11-21-20/h7,9,11,13-14,19H,5-6,8,10,12H2,1-4H3,(H,21,22,23)/t19-/m0/s1. The van der Waals surface area contributed by atoms with Crippen LogP contribution in [-0.4, -0.2) is 46.6 Å². The van der Waals surface area contributed by atoms with Gasteiger partial charge in [0.1, 0.15) is 5.82 Å². The SMILES string of the molecule is CCN(CC)S(=O)(=O)N1CCC[C@H]1c1cc(Nc2ncccc2C)cc(C)n1. The van der Waals surface area contributed by atoms with Crippen LogP contribution in [0.3, 0.4) is 0 Å². The van der Waals surface area contributed by atoms with Crippen LogP contribution >= 0.6 is 0 Å². The summed E-state index contributed by atoms with van der Waals surface area (Å²) in [5.41, 5.74) is 3.55. The predicted molar refractivity (Wildman–Crippen MR) is 112 cm³/mol. The second-order valence-corrected chi connectivity index (χ2v) is 8.96. The fourth-order valence-electron chi connectivity index (χ4n) is 3.70. The maximum Gasteiger partial charge on any atom is 0.282 e. The molecule has 2 aromatic rings. The molecule has 0 radical (unpaired) electrons. The lowest BCUT2D eigenvalue weighted by Gasteiger charge is -2.29. The molecular formula is C20H29N5O2S. The van der Waals surface area contributed by atoms with Crippen molar-refractivity contribution in [3.05, 3.63) is 47.4 Å². The smallest absolute Gasteiger partial charge is 0.282 e. The summed E-state index contributed by atoms with van der Waals surface area (Å²) in [6.07, 6.45) is 3.36. The highest BCUT2D eigenvalue weighted by Crippen LogP contribution is 2.35. The quantitative estimate of drug-likeness (QED) is 0.765. The Morgan fingerprint density at radius 1 is 1.25 bits per heavy atom. The van der Waals surface area contributed by atoms with Crippen LogP contribution in [-0.2, 0) is 10.2 Å². The van der Waals surface area contributed by atoms with E-state index in [0.717, 1.165) is 41.3 Å². The second kappa shape index (κ2) is 8.55. The Kier molecular flexibility index (Phi) is 6.32. The molecule has 8 heteroatoms. The molecule has 7 nitrogen and oxygen atoms in total. The molecule has 2 aromatic heterocycles. The number of aromatic nitrogens is 2. The lowest BCUT2D eigenvalue weighted by Crippen LogP contribution is -2.43. The summed E-state index contributed by atoms with van der Waals surface area (Å²) in [5.74, 6) is 0.790. The van der Waals surface area contributed by atoms with Crippen LogP contribution in [0.5, 0.6) is 0 Å². The summed E-state index contributed by atoms with van der Waals surface area (Å²) in [4.78, 5) is 9.06. The Morgan fingerprint density at radius 2 is 2.00 bits per heavy atom. The van der Waals surface area contributed by atoms with Gasteiger partial charge in [-0.2, -0.15) is 17.0 Å². The van der Waals surface area contributed by atoms with E-state index in [2.05, 4.69) is 15.3 Å². The van der Waals surface area contributed by atoms with Gasteiger partial charge in [-0.15, -0.1) is 0 Å². The fourth-order valence-corrected chi connectivity index (χ4v) is 5.54. The molecule has 0 spiro atoms. The lowest BCUT2D eigenvalue weighted by molar-refractivity contribution is 0.335. The minimum atomic E-state index is -3.50. The van der Waals surface area contributed by atoms with Crippen molar-refractivity contribution in [2.24, 2.45) is 0 Å². The van der Waals surface area contributed by atoms with E-state index in [0.29, 0.717) is 19.6 Å². The highest BCUT2D eigenvalue weighted by molar-refractivity contribution is 7.86. The van der Waals surface area contributed by atoms with Gasteiger partial charge in [0.2, 0.25) is 0 Å². The number of aryl methyl sites for hydroxylation is 2. The van der Waals surface area contributed by atoms with Crippen molar-refractivity contribution >= 4 is 21.7 Å². The van der Waals surface area contributed by atoms with Gasteiger partial charge in [0, 0.05) is 37.2 Å². The van der Waals surface area contributed by atoms with Gasteiger partial charge in [-0.3, -0.25) is 4.98 Å². The van der Waals surface area contributed by atoms with Gasteiger partial charge < -0.3 is 5.32 Å². The van der Waals surface area contributed by atoms with Gasteiger partial charge in [-0.1, -0.05) is 19.9 Å². The zero-order valence-corrected chi connectivity index (χ0v) is 17.8. The monoisotopic (exact) mass is 403 g/mol. The molecular weight excluding hydrogens is 374 g/mol. The molecule has 0 aliphatic carbocycles. The van der Waals surface area contributed by atoms with E-state index in [1.54, 1.807) is 10.5 Å². The molecule has 3 rings (SSSR count). The first kappa shape index (κ1) is 20.7. The van der Waals surface area contributed by atoms with Crippen molar-refractivity contribution in [3.8, 4) is 0 Å². The van der Waals surface area contributed by atoms with Crippen molar-refractivity contribution in [2.45, 2.75) is 46.6 Å². The number of pyridine rings is 2. The summed E-state index contributed by atoms with van der Waals surface area (Å²) in [6, 6.07) is 7.56. The first-order valence-electron chi connectivity index (χ1n) is 9.81. The van der Waals surface area contributed by atoms with Gasteiger partial charge in [-0.05, 0) is 50.5 Å². The van der Waals surface area contributed by atoms with Crippen LogP contribution in [0.4, 0.5) is 11.5 Å². The van der Waals surface area contributed by atoms with Crippen LogP contribution in [0, 0.1) is 13.8 Å². The lowest BCUT2D eigenvalue weighted by atomic mass is 10.1. The highest BCUT2D eigenvalue weighted by Gasteiger charge is 2.38. The Bertz CT molecular complexity index is 928. The Labute approximate surface area is 168 Å². The van der Waals surface area contributed by atoms with E-state index >= 15 is 0 Å². The Morgan fingerprint density at radius 3 is 2.68 bits per heavy atom. The van der Waals surface area contributed by atoms with Gasteiger partial charge in [0.15, 0.2) is 0 Å². The largest absolute Gasteiger partial charge is 0.340 e. The van der Waals surface area contributed by atoms with E-state index in [4.69, 9.17) is 0 Å². The van der Waals surface area contributed by atoms with Crippen LogP contribution in [0.25, 0.3) is 0 Å². The van der Waals surface area contributed by atoms with Crippen LogP contribution < -0.4 is 5.32 Å². The molecule has 1 fully saturated rings. The van der Waals surface area contributed by atoms with Gasteiger partial charge >= 0.3 is 0 Å². The molecule has 1 aliphatic heterocycles. The molecule has 1 saturated heterocycles. The van der Waals surface area contributed by atoms with Crippen LogP contribution in [0.15, 0.2) is 30.5 Å². The average molecular weight is 404 g/mol. The summed E-state index contributed by atoms with van der Waals surface area (Å²) >= 11 is 0. The third-order valence-electron chi connectivity index (χ3n) is 5.12. The first-order valence-corrected chi connectivity index (χ1v) is 11.2. The number of nitrogens with one attached hydrogen (secondary N) is 1. The minimum absolute atomic E-state index is 0.240. The topological polar surface area (TPSA) is 78.4 Å². The summed E-state index contributed by atoms with van der Waals surface area (Å²) < 4.78 is 29.3. The molecule has 0 amide bonds. The molecule has 1 N–H and O–H groups in total. The maximum atomic E-state index is 13.1. The van der Waals surface area contributed by atoms with Crippen molar-refractivity contribution < 1.29 is 8.42 Å². The zero-order valence-electron chi connectivity index (χ0n) is 17.0. The van der Waals surface area contributed by atoms with E-state index in [1.165, 1.54) is 4.31 Å². The Balaban J connectivity index is 1.92. The highest BCUT2D eigenvalue weighted by atomic mass is 32.2. The van der Waals surface area contributed by atoms with Crippen molar-refractivity contribution in [2.75, 3.05) is 25.0 Å². The third-order valence-corrected chi connectivity index (χ3v) is 7.32. The van der Waals surface area contributed by atoms with Gasteiger partial charge in [-0.25, -0.2) is 4.98 Å². The van der Waals surface area contributed by atoms with E-state index in [-0.39, 0.29) is 6.04 Å². The number of hydrogen-bond acceptors (Lipinski definition) is 5. The molecule has 28 heavy (non-hydrogen) atoms. The second-order valence-electron chi connectivity index (χ2n) is 7.08.